The van der Waals surface area contributed by atoms with Crippen LogP contribution >= 0.6 is 0 Å². The van der Waals surface area contributed by atoms with Crippen molar-refractivity contribution < 1.29 is 17.7 Å². The number of benzene rings is 3. The Morgan fingerprint density at radius 3 is 2.03 bits per heavy atom. The minimum absolute atomic E-state index is 0.0462. The number of rotatable bonds is 5. The standard InChI is InChI=1S/C23H17NO4S/c1-16-12-14-17(15-13-16)21(25)20-23(29(26,27)19-10-6-3-7-11-19)22(28-24-20)18-8-4-2-5-9-18/h2-15H,1H3. The first kappa shape index (κ1) is 18.8. The van der Waals surface area contributed by atoms with Crippen LogP contribution in [0.4, 0.5) is 0 Å². The quantitative estimate of drug-likeness (QED) is 0.451. The Bertz CT molecular complexity index is 1260. The lowest BCUT2D eigenvalue weighted by Crippen LogP contribution is -2.11. The van der Waals surface area contributed by atoms with Crippen molar-refractivity contribution in [3.63, 3.8) is 0 Å². The molecule has 0 N–H and O–H groups in total. The number of carbonyl (C=O) groups excluding carboxylic acids is 1. The molecule has 0 unspecified atom stereocenters. The summed E-state index contributed by atoms with van der Waals surface area (Å²) < 4.78 is 32.3. The van der Waals surface area contributed by atoms with Crippen molar-refractivity contribution in [2.75, 3.05) is 0 Å². The van der Waals surface area contributed by atoms with E-state index in [4.69, 9.17) is 4.52 Å². The summed E-state index contributed by atoms with van der Waals surface area (Å²) >= 11 is 0. The molecule has 0 aliphatic heterocycles. The van der Waals surface area contributed by atoms with Gasteiger partial charge in [-0.1, -0.05) is 83.5 Å². The van der Waals surface area contributed by atoms with Crippen molar-refractivity contribution in [1.82, 2.24) is 5.16 Å². The summed E-state index contributed by atoms with van der Waals surface area (Å²) in [7, 11) is -4.04. The molecule has 0 amide bonds. The molecular weight excluding hydrogens is 386 g/mol. The maximum Gasteiger partial charge on any atom is 0.216 e. The number of hydrogen-bond donors (Lipinski definition) is 0. The third-order valence-electron chi connectivity index (χ3n) is 4.54. The Labute approximate surface area is 168 Å². The molecule has 0 saturated heterocycles. The van der Waals surface area contributed by atoms with Crippen LogP contribution in [0.1, 0.15) is 21.6 Å². The van der Waals surface area contributed by atoms with E-state index >= 15 is 0 Å². The predicted octanol–water partition coefficient (Wildman–Crippen LogP) is 4.71. The van der Waals surface area contributed by atoms with E-state index in [1.165, 1.54) is 12.1 Å². The van der Waals surface area contributed by atoms with Crippen LogP contribution in [0, 0.1) is 6.92 Å². The molecular formula is C23H17NO4S. The summed E-state index contributed by atoms with van der Waals surface area (Å²) in [5.74, 6) is -0.463. The van der Waals surface area contributed by atoms with Gasteiger partial charge in [0.05, 0.1) is 4.90 Å². The van der Waals surface area contributed by atoms with E-state index in [-0.39, 0.29) is 21.2 Å². The fraction of sp³-hybridized carbons (Fsp3) is 0.0435. The molecule has 0 fully saturated rings. The fourth-order valence-corrected chi connectivity index (χ4v) is 4.54. The number of ketones is 1. The van der Waals surface area contributed by atoms with E-state index in [9.17, 15) is 13.2 Å². The van der Waals surface area contributed by atoms with Crippen molar-refractivity contribution in [1.29, 1.82) is 0 Å². The van der Waals surface area contributed by atoms with Gasteiger partial charge in [0, 0.05) is 11.1 Å². The molecule has 4 rings (SSSR count). The Morgan fingerprint density at radius 1 is 0.828 bits per heavy atom. The van der Waals surface area contributed by atoms with Gasteiger partial charge in [-0.2, -0.15) is 0 Å². The molecule has 1 aromatic heterocycles. The summed E-state index contributed by atoms with van der Waals surface area (Å²) in [5, 5.41) is 3.88. The van der Waals surface area contributed by atoms with E-state index in [0.717, 1.165) is 5.56 Å². The van der Waals surface area contributed by atoms with Gasteiger partial charge in [-0.15, -0.1) is 0 Å². The molecule has 1 heterocycles. The molecule has 144 valence electrons. The average Bonchev–Trinajstić information content (AvgIpc) is 3.21. The molecule has 0 bridgehead atoms. The SMILES string of the molecule is Cc1ccc(C(=O)c2noc(-c3ccccc3)c2S(=O)(=O)c2ccccc2)cc1. The van der Waals surface area contributed by atoms with Crippen molar-refractivity contribution in [3.05, 3.63) is 102 Å². The van der Waals surface area contributed by atoms with Gasteiger partial charge in [-0.25, -0.2) is 8.42 Å². The largest absolute Gasteiger partial charge is 0.354 e. The minimum Gasteiger partial charge on any atom is -0.354 e. The van der Waals surface area contributed by atoms with Gasteiger partial charge in [0.1, 0.15) is 0 Å². The lowest BCUT2D eigenvalue weighted by molar-refractivity contribution is 0.102. The number of aromatic nitrogens is 1. The van der Waals surface area contributed by atoms with Crippen LogP contribution in [0.5, 0.6) is 0 Å². The van der Waals surface area contributed by atoms with E-state index in [1.807, 2.05) is 13.0 Å². The molecule has 5 nitrogen and oxygen atoms in total. The molecule has 0 saturated carbocycles. The zero-order chi connectivity index (χ0) is 20.4. The van der Waals surface area contributed by atoms with Crippen LogP contribution < -0.4 is 0 Å². The van der Waals surface area contributed by atoms with Crippen LogP contribution in [-0.2, 0) is 9.84 Å². The predicted molar refractivity (Wildman–Crippen MR) is 108 cm³/mol. The van der Waals surface area contributed by atoms with Gasteiger partial charge in [0.25, 0.3) is 0 Å². The first-order chi connectivity index (χ1) is 14.0. The first-order valence-corrected chi connectivity index (χ1v) is 10.4. The molecule has 6 heteroatoms. The molecule has 0 aliphatic rings. The highest BCUT2D eigenvalue weighted by Gasteiger charge is 2.34. The maximum atomic E-state index is 13.4. The molecule has 0 radical (unpaired) electrons. The Balaban J connectivity index is 1.95. The van der Waals surface area contributed by atoms with E-state index < -0.39 is 15.6 Å². The van der Waals surface area contributed by atoms with Gasteiger partial charge in [-0.3, -0.25) is 4.79 Å². The second kappa shape index (κ2) is 7.48. The second-order valence-corrected chi connectivity index (χ2v) is 8.45. The number of aryl methyl sites for hydroxylation is 1. The first-order valence-electron chi connectivity index (χ1n) is 8.95. The maximum absolute atomic E-state index is 13.4. The lowest BCUT2D eigenvalue weighted by Gasteiger charge is -2.07. The summed E-state index contributed by atoms with van der Waals surface area (Å²) in [6.45, 7) is 1.91. The molecule has 29 heavy (non-hydrogen) atoms. The molecule has 0 aliphatic carbocycles. The Kier molecular flexibility index (Phi) is 4.86. The summed E-state index contributed by atoms with van der Waals surface area (Å²) in [6, 6.07) is 23.6. The number of nitrogens with zero attached hydrogens (tertiary/aromatic N) is 1. The number of sulfone groups is 1. The third-order valence-corrected chi connectivity index (χ3v) is 6.35. The topological polar surface area (TPSA) is 77.2 Å². The molecule has 0 spiro atoms. The zero-order valence-electron chi connectivity index (χ0n) is 15.6. The van der Waals surface area contributed by atoms with Crippen molar-refractivity contribution in [2.45, 2.75) is 16.7 Å². The number of hydrogen-bond acceptors (Lipinski definition) is 5. The van der Waals surface area contributed by atoms with Crippen molar-refractivity contribution >= 4 is 15.6 Å². The van der Waals surface area contributed by atoms with Crippen molar-refractivity contribution in [3.8, 4) is 11.3 Å². The van der Waals surface area contributed by atoms with E-state index in [0.29, 0.717) is 11.1 Å². The van der Waals surface area contributed by atoms with Crippen LogP contribution in [0.2, 0.25) is 0 Å². The highest BCUT2D eigenvalue weighted by atomic mass is 32.2. The Hall–Kier alpha value is -3.51. The molecule has 4 aromatic rings. The van der Waals surface area contributed by atoms with Gasteiger partial charge in [0.15, 0.2) is 16.3 Å². The zero-order valence-corrected chi connectivity index (χ0v) is 16.4. The Morgan fingerprint density at radius 2 is 1.41 bits per heavy atom. The highest BCUT2D eigenvalue weighted by Crippen LogP contribution is 2.35. The number of carbonyl (C=O) groups is 1. The van der Waals surface area contributed by atoms with Gasteiger partial charge in [0.2, 0.25) is 15.6 Å². The van der Waals surface area contributed by atoms with Crippen LogP contribution in [0.3, 0.4) is 0 Å². The monoisotopic (exact) mass is 403 g/mol. The molecule has 3 aromatic carbocycles. The van der Waals surface area contributed by atoms with Crippen LogP contribution in [0.25, 0.3) is 11.3 Å². The molecule has 0 atom stereocenters. The van der Waals surface area contributed by atoms with E-state index in [2.05, 4.69) is 5.16 Å². The van der Waals surface area contributed by atoms with Crippen LogP contribution in [0.15, 0.2) is 99.2 Å². The smallest absolute Gasteiger partial charge is 0.216 e. The van der Waals surface area contributed by atoms with Gasteiger partial charge < -0.3 is 4.52 Å². The highest BCUT2D eigenvalue weighted by molar-refractivity contribution is 7.91. The van der Waals surface area contributed by atoms with Gasteiger partial charge >= 0.3 is 0 Å². The lowest BCUT2D eigenvalue weighted by atomic mass is 10.1. The second-order valence-electron chi connectivity index (χ2n) is 6.57. The summed E-state index contributed by atoms with van der Waals surface area (Å²) in [5.41, 5.74) is 1.63. The summed E-state index contributed by atoms with van der Waals surface area (Å²) in [4.78, 5) is 13.0. The van der Waals surface area contributed by atoms with E-state index in [1.54, 1.807) is 66.7 Å². The summed E-state index contributed by atoms with van der Waals surface area (Å²) in [6.07, 6.45) is 0. The average molecular weight is 403 g/mol. The van der Waals surface area contributed by atoms with Crippen molar-refractivity contribution in [2.24, 2.45) is 0 Å². The van der Waals surface area contributed by atoms with Crippen LogP contribution in [-0.4, -0.2) is 19.4 Å². The minimum atomic E-state index is -4.04. The fourth-order valence-electron chi connectivity index (χ4n) is 3.01. The van der Waals surface area contributed by atoms with Gasteiger partial charge in [-0.05, 0) is 19.1 Å². The third kappa shape index (κ3) is 3.50. The normalized spacial score (nSPS) is 11.3.